The number of hydrogen-bond donors (Lipinski definition) is 1. The molecule has 1 fully saturated rings. The average Bonchev–Trinajstić information content (AvgIpc) is 3.33. The highest BCUT2D eigenvalue weighted by molar-refractivity contribution is 7.91. The van der Waals surface area contributed by atoms with Crippen LogP contribution in [0, 0.1) is 13.8 Å². The predicted octanol–water partition coefficient (Wildman–Crippen LogP) is 4.34. The Kier molecular flexibility index (Phi) is 4.93. The van der Waals surface area contributed by atoms with Gasteiger partial charge in [0.15, 0.2) is 15.0 Å². The quantitative estimate of drug-likeness (QED) is 0.668. The minimum Gasteiger partial charge on any atom is -0.497 e. The minimum absolute atomic E-state index is 0.0225. The second kappa shape index (κ2) is 7.25. The molecule has 1 aromatic carbocycles. The molecular formula is C20H23N3O3S2. The molecule has 0 aliphatic carbocycles. The number of rotatable bonds is 5. The Morgan fingerprint density at radius 2 is 2.00 bits per heavy atom. The molecule has 28 heavy (non-hydrogen) atoms. The van der Waals surface area contributed by atoms with E-state index in [1.807, 2.05) is 43.5 Å². The van der Waals surface area contributed by atoms with Crippen LogP contribution < -0.4 is 10.1 Å². The fourth-order valence-corrected chi connectivity index (χ4v) is 6.26. The van der Waals surface area contributed by atoms with Crippen molar-refractivity contribution in [2.75, 3.05) is 23.9 Å². The maximum absolute atomic E-state index is 11.9. The maximum atomic E-state index is 11.9. The van der Waals surface area contributed by atoms with Crippen LogP contribution in [0.3, 0.4) is 0 Å². The van der Waals surface area contributed by atoms with Crippen LogP contribution >= 0.6 is 11.3 Å². The van der Waals surface area contributed by atoms with Crippen molar-refractivity contribution >= 4 is 32.0 Å². The molecular weight excluding hydrogens is 394 g/mol. The van der Waals surface area contributed by atoms with E-state index in [4.69, 9.17) is 9.72 Å². The molecule has 0 spiro atoms. The van der Waals surface area contributed by atoms with Crippen LogP contribution in [-0.4, -0.2) is 36.6 Å². The van der Waals surface area contributed by atoms with Crippen molar-refractivity contribution in [3.8, 4) is 17.0 Å². The van der Waals surface area contributed by atoms with E-state index in [0.717, 1.165) is 39.2 Å². The molecule has 3 aromatic rings. The highest BCUT2D eigenvalue weighted by Gasteiger charge is 2.31. The molecule has 1 atom stereocenters. The predicted molar refractivity (Wildman–Crippen MR) is 114 cm³/mol. The van der Waals surface area contributed by atoms with E-state index in [-0.39, 0.29) is 17.5 Å². The van der Waals surface area contributed by atoms with E-state index in [1.165, 1.54) is 0 Å². The van der Waals surface area contributed by atoms with Crippen molar-refractivity contribution in [2.24, 2.45) is 0 Å². The van der Waals surface area contributed by atoms with Crippen LogP contribution in [-0.2, 0) is 9.84 Å². The lowest BCUT2D eigenvalue weighted by atomic mass is 10.2. The lowest BCUT2D eigenvalue weighted by molar-refractivity contribution is 0.415. The van der Waals surface area contributed by atoms with Crippen LogP contribution in [0.25, 0.3) is 11.3 Å². The number of nitrogens with one attached hydrogen (secondary N) is 1. The standard InChI is InChI=1S/C20H23N3O3S2/c1-13-10-18(14(2)23(13)16-8-9-28(24,25)12-16)19-11-27-20(22-19)21-15-4-6-17(26-3)7-5-15/h4-7,10-11,16H,8-9,12H2,1-3H3,(H,21,22)/t16-/m1/s1. The first kappa shape index (κ1) is 19.0. The summed E-state index contributed by atoms with van der Waals surface area (Å²) in [4.78, 5) is 4.73. The zero-order valence-electron chi connectivity index (χ0n) is 16.1. The van der Waals surface area contributed by atoms with Gasteiger partial charge in [0, 0.05) is 34.1 Å². The third kappa shape index (κ3) is 3.66. The number of anilines is 2. The van der Waals surface area contributed by atoms with Gasteiger partial charge in [-0.2, -0.15) is 0 Å². The normalized spacial score (nSPS) is 18.3. The van der Waals surface area contributed by atoms with Gasteiger partial charge in [-0.3, -0.25) is 0 Å². The minimum atomic E-state index is -2.92. The van der Waals surface area contributed by atoms with Gasteiger partial charge in [-0.1, -0.05) is 0 Å². The van der Waals surface area contributed by atoms with Crippen LogP contribution in [0.1, 0.15) is 23.9 Å². The lowest BCUT2D eigenvalue weighted by Gasteiger charge is -2.16. The molecule has 6 nitrogen and oxygen atoms in total. The smallest absolute Gasteiger partial charge is 0.187 e. The van der Waals surface area contributed by atoms with Crippen LogP contribution in [0.5, 0.6) is 5.75 Å². The summed E-state index contributed by atoms with van der Waals surface area (Å²) in [7, 11) is -1.28. The number of thiazole rings is 1. The first-order valence-electron chi connectivity index (χ1n) is 9.12. The molecule has 1 N–H and O–H groups in total. The number of ether oxygens (including phenoxy) is 1. The van der Waals surface area contributed by atoms with Gasteiger partial charge in [0.2, 0.25) is 0 Å². The van der Waals surface area contributed by atoms with Gasteiger partial charge in [-0.05, 0) is 50.6 Å². The number of benzene rings is 1. The summed E-state index contributed by atoms with van der Waals surface area (Å²) in [5.74, 6) is 1.31. The van der Waals surface area contributed by atoms with Gasteiger partial charge >= 0.3 is 0 Å². The average molecular weight is 418 g/mol. The van der Waals surface area contributed by atoms with E-state index < -0.39 is 9.84 Å². The highest BCUT2D eigenvalue weighted by Crippen LogP contribution is 2.35. The Bertz CT molecular complexity index is 1100. The molecule has 0 bridgehead atoms. The van der Waals surface area contributed by atoms with Crippen molar-refractivity contribution in [2.45, 2.75) is 26.3 Å². The molecule has 3 heterocycles. The molecule has 4 rings (SSSR count). The fraction of sp³-hybridized carbons (Fsp3) is 0.350. The summed E-state index contributed by atoms with van der Waals surface area (Å²) in [5, 5.41) is 6.16. The second-order valence-electron chi connectivity index (χ2n) is 7.10. The van der Waals surface area contributed by atoms with Crippen molar-refractivity contribution in [3.05, 3.63) is 47.1 Å². The van der Waals surface area contributed by atoms with Crippen LogP contribution in [0.15, 0.2) is 35.7 Å². The Labute approximate surface area is 169 Å². The summed E-state index contributed by atoms with van der Waals surface area (Å²) in [6.45, 7) is 4.08. The fourth-order valence-electron chi connectivity index (χ4n) is 3.83. The molecule has 0 amide bonds. The Hall–Kier alpha value is -2.32. The van der Waals surface area contributed by atoms with Gasteiger partial charge in [0.05, 0.1) is 24.3 Å². The molecule has 0 radical (unpaired) electrons. The van der Waals surface area contributed by atoms with Crippen molar-refractivity contribution in [1.29, 1.82) is 0 Å². The lowest BCUT2D eigenvalue weighted by Crippen LogP contribution is -2.13. The van der Waals surface area contributed by atoms with Crippen molar-refractivity contribution in [3.63, 3.8) is 0 Å². The summed E-state index contributed by atoms with van der Waals surface area (Å²) in [6.07, 6.45) is 0.680. The van der Waals surface area contributed by atoms with E-state index in [2.05, 4.69) is 16.0 Å². The zero-order chi connectivity index (χ0) is 19.9. The number of nitrogens with zero attached hydrogens (tertiary/aromatic N) is 2. The van der Waals surface area contributed by atoms with E-state index in [1.54, 1.807) is 18.4 Å². The summed E-state index contributed by atoms with van der Waals surface area (Å²) >= 11 is 1.55. The highest BCUT2D eigenvalue weighted by atomic mass is 32.2. The van der Waals surface area contributed by atoms with E-state index in [9.17, 15) is 8.42 Å². The largest absolute Gasteiger partial charge is 0.497 e. The maximum Gasteiger partial charge on any atom is 0.187 e. The molecule has 8 heteroatoms. The van der Waals surface area contributed by atoms with Crippen molar-refractivity contribution in [1.82, 2.24) is 9.55 Å². The number of aromatic nitrogens is 2. The number of methoxy groups -OCH3 is 1. The summed E-state index contributed by atoms with van der Waals surface area (Å²) in [5.41, 5.74) is 5.05. The monoisotopic (exact) mass is 417 g/mol. The van der Waals surface area contributed by atoms with E-state index >= 15 is 0 Å². The third-order valence-corrected chi connectivity index (χ3v) is 7.69. The molecule has 0 saturated carbocycles. The second-order valence-corrected chi connectivity index (χ2v) is 10.2. The number of aryl methyl sites for hydroxylation is 1. The molecule has 1 aliphatic rings. The van der Waals surface area contributed by atoms with Gasteiger partial charge in [0.25, 0.3) is 0 Å². The van der Waals surface area contributed by atoms with Gasteiger partial charge in [-0.15, -0.1) is 11.3 Å². The number of sulfone groups is 1. The Balaban J connectivity index is 1.58. The van der Waals surface area contributed by atoms with Gasteiger partial charge in [0.1, 0.15) is 5.75 Å². The van der Waals surface area contributed by atoms with E-state index in [0.29, 0.717) is 6.42 Å². The summed E-state index contributed by atoms with van der Waals surface area (Å²) in [6, 6.07) is 9.83. The van der Waals surface area contributed by atoms with Crippen LogP contribution in [0.4, 0.5) is 10.8 Å². The molecule has 2 aromatic heterocycles. The molecule has 0 unspecified atom stereocenters. The van der Waals surface area contributed by atoms with Crippen molar-refractivity contribution < 1.29 is 13.2 Å². The molecule has 1 aliphatic heterocycles. The number of hydrogen-bond acceptors (Lipinski definition) is 6. The topological polar surface area (TPSA) is 73.2 Å². The third-order valence-electron chi connectivity index (χ3n) is 5.18. The van der Waals surface area contributed by atoms with Gasteiger partial charge in [-0.25, -0.2) is 13.4 Å². The van der Waals surface area contributed by atoms with Gasteiger partial charge < -0.3 is 14.6 Å². The first-order chi connectivity index (χ1) is 13.4. The Morgan fingerprint density at radius 3 is 2.64 bits per heavy atom. The zero-order valence-corrected chi connectivity index (χ0v) is 17.7. The Morgan fingerprint density at radius 1 is 1.25 bits per heavy atom. The first-order valence-corrected chi connectivity index (χ1v) is 11.8. The van der Waals surface area contributed by atoms with Crippen LogP contribution in [0.2, 0.25) is 0 Å². The molecule has 148 valence electrons. The SMILES string of the molecule is COc1ccc(Nc2nc(-c3cc(C)n([C@@H]4CCS(=O)(=O)C4)c3C)cs2)cc1. The molecule has 1 saturated heterocycles. The summed E-state index contributed by atoms with van der Waals surface area (Å²) < 4.78 is 31.1.